The van der Waals surface area contributed by atoms with Gasteiger partial charge in [-0.15, -0.1) is 0 Å². The largest absolute Gasteiger partial charge is 0.481 e. The molecule has 2 aromatic heterocycles. The maximum Gasteiger partial charge on any atom is 0.307 e. The molecule has 0 bridgehead atoms. The lowest BCUT2D eigenvalue weighted by molar-refractivity contribution is -0.137. The van der Waals surface area contributed by atoms with Gasteiger partial charge in [0.15, 0.2) is 0 Å². The maximum absolute atomic E-state index is 11.7. The molecule has 0 aliphatic heterocycles. The molecule has 0 spiro atoms. The molecule has 96 valence electrons. The van der Waals surface area contributed by atoms with Crippen molar-refractivity contribution in [2.75, 3.05) is 0 Å². The third kappa shape index (κ3) is 2.38. The molecular formula is C12H13NO4S. The first kappa shape index (κ1) is 12.6. The summed E-state index contributed by atoms with van der Waals surface area (Å²) in [4.78, 5) is 22.1. The molecular weight excluding hydrogens is 254 g/mol. The first-order valence-corrected chi connectivity index (χ1v) is 6.34. The molecule has 2 rings (SSSR count). The number of carboxylic acid groups (broad SMARTS) is 1. The number of aryl methyl sites for hydroxylation is 2. The minimum Gasteiger partial charge on any atom is -0.481 e. The van der Waals surface area contributed by atoms with Crippen LogP contribution in [0.15, 0.2) is 20.7 Å². The van der Waals surface area contributed by atoms with Crippen LogP contribution in [0.3, 0.4) is 0 Å². The number of thiazole rings is 1. The van der Waals surface area contributed by atoms with Crippen LogP contribution in [0.5, 0.6) is 0 Å². The van der Waals surface area contributed by atoms with E-state index in [1.807, 2.05) is 19.9 Å². The van der Waals surface area contributed by atoms with Gasteiger partial charge in [0.25, 0.3) is 0 Å². The SMILES string of the molecule is Cc1cc(-c2csc(=O)n2CCC(=O)O)c(C)o1. The topological polar surface area (TPSA) is 72.4 Å². The van der Waals surface area contributed by atoms with E-state index < -0.39 is 5.97 Å². The Balaban J connectivity index is 2.42. The summed E-state index contributed by atoms with van der Waals surface area (Å²) in [6, 6.07) is 1.86. The lowest BCUT2D eigenvalue weighted by Gasteiger charge is -2.04. The van der Waals surface area contributed by atoms with Gasteiger partial charge in [-0.1, -0.05) is 11.3 Å². The van der Waals surface area contributed by atoms with E-state index in [0.717, 1.165) is 34.1 Å². The number of carbonyl (C=O) groups is 1. The number of rotatable bonds is 4. The predicted octanol–water partition coefficient (Wildman–Crippen LogP) is 2.26. The minimum atomic E-state index is -0.917. The summed E-state index contributed by atoms with van der Waals surface area (Å²) in [7, 11) is 0. The van der Waals surface area contributed by atoms with E-state index in [1.165, 1.54) is 4.57 Å². The van der Waals surface area contributed by atoms with E-state index in [0.29, 0.717) is 0 Å². The fourth-order valence-electron chi connectivity index (χ4n) is 1.84. The van der Waals surface area contributed by atoms with Gasteiger partial charge < -0.3 is 9.52 Å². The molecule has 0 unspecified atom stereocenters. The predicted molar refractivity (Wildman–Crippen MR) is 68.0 cm³/mol. The molecule has 0 aliphatic rings. The molecule has 0 aliphatic carbocycles. The summed E-state index contributed by atoms with van der Waals surface area (Å²) in [5, 5.41) is 10.4. The highest BCUT2D eigenvalue weighted by Crippen LogP contribution is 2.27. The molecule has 5 nitrogen and oxygen atoms in total. The Kier molecular flexibility index (Phi) is 3.38. The number of nitrogens with zero attached hydrogens (tertiary/aromatic N) is 1. The zero-order valence-corrected chi connectivity index (χ0v) is 10.9. The molecule has 6 heteroatoms. The standard InChI is InChI=1S/C12H13NO4S/c1-7-5-9(8(2)17-7)10-6-18-12(16)13(10)4-3-11(14)15/h5-6H,3-4H2,1-2H3,(H,14,15). The van der Waals surface area contributed by atoms with Gasteiger partial charge in [0.2, 0.25) is 0 Å². The van der Waals surface area contributed by atoms with Gasteiger partial charge in [0.1, 0.15) is 11.5 Å². The van der Waals surface area contributed by atoms with Gasteiger partial charge in [0.05, 0.1) is 12.1 Å². The second-order valence-corrected chi connectivity index (χ2v) is 4.83. The van der Waals surface area contributed by atoms with Crippen molar-refractivity contribution in [1.29, 1.82) is 0 Å². The van der Waals surface area contributed by atoms with Crippen LogP contribution in [0.4, 0.5) is 0 Å². The van der Waals surface area contributed by atoms with Crippen LogP contribution in [0, 0.1) is 13.8 Å². The molecule has 1 N–H and O–H groups in total. The van der Waals surface area contributed by atoms with Crippen molar-refractivity contribution in [3.8, 4) is 11.3 Å². The molecule has 0 aromatic carbocycles. The molecule has 0 saturated heterocycles. The lowest BCUT2D eigenvalue weighted by Crippen LogP contribution is -2.16. The Bertz CT molecular complexity index is 635. The summed E-state index contributed by atoms with van der Waals surface area (Å²) in [5.74, 6) is 0.583. The van der Waals surface area contributed by atoms with Crippen molar-refractivity contribution in [2.24, 2.45) is 0 Å². The summed E-state index contributed by atoms with van der Waals surface area (Å²) in [5.41, 5.74) is 1.57. The third-order valence-electron chi connectivity index (χ3n) is 2.65. The van der Waals surface area contributed by atoms with Gasteiger partial charge >= 0.3 is 10.8 Å². The highest BCUT2D eigenvalue weighted by molar-refractivity contribution is 7.07. The Labute approximate surface area is 107 Å². The van der Waals surface area contributed by atoms with E-state index in [9.17, 15) is 9.59 Å². The molecule has 0 saturated carbocycles. The Morgan fingerprint density at radius 3 is 2.78 bits per heavy atom. The number of hydrogen-bond donors (Lipinski definition) is 1. The molecule has 2 aromatic rings. The number of furan rings is 1. The van der Waals surface area contributed by atoms with Gasteiger partial charge in [-0.3, -0.25) is 14.2 Å². The fraction of sp³-hybridized carbons (Fsp3) is 0.333. The van der Waals surface area contributed by atoms with Gasteiger partial charge in [-0.05, 0) is 19.9 Å². The molecule has 0 radical (unpaired) electrons. The van der Waals surface area contributed by atoms with Crippen molar-refractivity contribution in [3.63, 3.8) is 0 Å². The molecule has 0 amide bonds. The van der Waals surface area contributed by atoms with Crippen LogP contribution < -0.4 is 4.87 Å². The first-order valence-electron chi connectivity index (χ1n) is 5.46. The van der Waals surface area contributed by atoms with E-state index >= 15 is 0 Å². The summed E-state index contributed by atoms with van der Waals surface area (Å²) >= 11 is 1.07. The number of carboxylic acids is 1. The molecule has 0 fully saturated rings. The second-order valence-electron chi connectivity index (χ2n) is 4.01. The van der Waals surface area contributed by atoms with Crippen LogP contribution in [0.25, 0.3) is 11.3 Å². The van der Waals surface area contributed by atoms with Crippen LogP contribution in [-0.4, -0.2) is 15.6 Å². The number of aliphatic carboxylic acids is 1. The Morgan fingerprint density at radius 1 is 1.50 bits per heavy atom. The van der Waals surface area contributed by atoms with Crippen LogP contribution >= 0.6 is 11.3 Å². The van der Waals surface area contributed by atoms with Gasteiger partial charge in [-0.2, -0.15) is 0 Å². The number of hydrogen-bond acceptors (Lipinski definition) is 4. The van der Waals surface area contributed by atoms with Gasteiger partial charge in [-0.25, -0.2) is 0 Å². The maximum atomic E-state index is 11.7. The minimum absolute atomic E-state index is 0.0699. The molecule has 2 heterocycles. The second kappa shape index (κ2) is 4.81. The van der Waals surface area contributed by atoms with Crippen molar-refractivity contribution in [1.82, 2.24) is 4.57 Å². The van der Waals surface area contributed by atoms with E-state index in [4.69, 9.17) is 9.52 Å². The Hall–Kier alpha value is -1.82. The van der Waals surface area contributed by atoms with Crippen LogP contribution in [0.1, 0.15) is 17.9 Å². The highest BCUT2D eigenvalue weighted by Gasteiger charge is 2.14. The summed E-state index contributed by atoms with van der Waals surface area (Å²) in [6.07, 6.45) is -0.0699. The smallest absolute Gasteiger partial charge is 0.307 e. The monoisotopic (exact) mass is 267 g/mol. The van der Waals surface area contributed by atoms with Gasteiger partial charge in [0, 0.05) is 17.5 Å². The fourth-order valence-corrected chi connectivity index (χ4v) is 2.63. The Morgan fingerprint density at radius 2 is 2.22 bits per heavy atom. The quantitative estimate of drug-likeness (QED) is 0.922. The average molecular weight is 267 g/mol. The highest BCUT2D eigenvalue weighted by atomic mass is 32.1. The summed E-state index contributed by atoms with van der Waals surface area (Å²) < 4.78 is 6.91. The third-order valence-corrected chi connectivity index (χ3v) is 3.41. The van der Waals surface area contributed by atoms with E-state index in [2.05, 4.69) is 0 Å². The first-order chi connectivity index (χ1) is 8.49. The van der Waals surface area contributed by atoms with Crippen molar-refractivity contribution < 1.29 is 14.3 Å². The zero-order valence-electron chi connectivity index (χ0n) is 10.1. The van der Waals surface area contributed by atoms with Crippen molar-refractivity contribution >= 4 is 17.3 Å². The average Bonchev–Trinajstić information content (AvgIpc) is 2.79. The van der Waals surface area contributed by atoms with Crippen molar-refractivity contribution in [2.45, 2.75) is 26.8 Å². The molecule has 18 heavy (non-hydrogen) atoms. The number of aromatic nitrogens is 1. The van der Waals surface area contributed by atoms with Crippen LogP contribution in [-0.2, 0) is 11.3 Å². The van der Waals surface area contributed by atoms with Crippen LogP contribution in [0.2, 0.25) is 0 Å². The van der Waals surface area contributed by atoms with Crippen molar-refractivity contribution in [3.05, 3.63) is 32.6 Å². The van der Waals surface area contributed by atoms with E-state index in [1.54, 1.807) is 5.38 Å². The zero-order chi connectivity index (χ0) is 13.3. The molecule has 0 atom stereocenters. The van der Waals surface area contributed by atoms with E-state index in [-0.39, 0.29) is 17.8 Å². The normalized spacial score (nSPS) is 10.8. The summed E-state index contributed by atoms with van der Waals surface area (Å²) in [6.45, 7) is 3.84. The lowest BCUT2D eigenvalue weighted by atomic mass is 10.2.